The van der Waals surface area contributed by atoms with Gasteiger partial charge < -0.3 is 15.2 Å². The van der Waals surface area contributed by atoms with Gasteiger partial charge in [0.2, 0.25) is 0 Å². The van der Waals surface area contributed by atoms with Crippen LogP contribution in [0.3, 0.4) is 0 Å². The van der Waals surface area contributed by atoms with Gasteiger partial charge in [-0.25, -0.2) is 0 Å². The van der Waals surface area contributed by atoms with E-state index in [0.717, 1.165) is 36.4 Å². The van der Waals surface area contributed by atoms with Crippen molar-refractivity contribution in [2.24, 2.45) is 0 Å². The molecule has 1 aromatic carbocycles. The van der Waals surface area contributed by atoms with E-state index in [1.807, 2.05) is 25.1 Å². The van der Waals surface area contributed by atoms with Gasteiger partial charge in [0.05, 0.1) is 12.2 Å². The van der Waals surface area contributed by atoms with E-state index < -0.39 is 0 Å². The first-order valence-electron chi connectivity index (χ1n) is 7.84. The molecule has 0 radical (unpaired) electrons. The Kier molecular flexibility index (Phi) is 3.88. The molecule has 1 atom stereocenters. The van der Waals surface area contributed by atoms with Gasteiger partial charge in [-0.1, -0.05) is 19.3 Å². The Bertz CT molecular complexity index is 461. The molecular formula is C17H25NO2. The SMILES string of the molecule is Cc1cc(OC2CCOC3(CCCCC3)C2)ccc1N. The monoisotopic (exact) mass is 275 g/mol. The third kappa shape index (κ3) is 2.93. The summed E-state index contributed by atoms with van der Waals surface area (Å²) in [7, 11) is 0. The van der Waals surface area contributed by atoms with Gasteiger partial charge in [0, 0.05) is 18.5 Å². The molecule has 3 nitrogen and oxygen atoms in total. The van der Waals surface area contributed by atoms with Gasteiger partial charge in [0.15, 0.2) is 0 Å². The minimum absolute atomic E-state index is 0.101. The number of hydrogen-bond donors (Lipinski definition) is 1. The summed E-state index contributed by atoms with van der Waals surface area (Å²) in [6.07, 6.45) is 8.67. The maximum Gasteiger partial charge on any atom is 0.120 e. The first-order valence-corrected chi connectivity index (χ1v) is 7.84. The van der Waals surface area contributed by atoms with Crippen LogP contribution in [-0.2, 0) is 4.74 Å². The number of nitrogens with two attached hydrogens (primary N) is 1. The largest absolute Gasteiger partial charge is 0.490 e. The molecule has 1 unspecified atom stereocenters. The molecule has 0 bridgehead atoms. The Labute approximate surface area is 121 Å². The summed E-state index contributed by atoms with van der Waals surface area (Å²) in [6.45, 7) is 2.85. The second-order valence-electron chi connectivity index (χ2n) is 6.34. The molecule has 3 heteroatoms. The quantitative estimate of drug-likeness (QED) is 0.834. The van der Waals surface area contributed by atoms with Crippen LogP contribution in [0, 0.1) is 6.92 Å². The zero-order chi connectivity index (χ0) is 14.0. The molecule has 1 aliphatic carbocycles. The summed E-state index contributed by atoms with van der Waals surface area (Å²) in [5, 5.41) is 0. The zero-order valence-electron chi connectivity index (χ0n) is 12.4. The van der Waals surface area contributed by atoms with Crippen molar-refractivity contribution >= 4 is 5.69 Å². The molecule has 110 valence electrons. The first-order chi connectivity index (χ1) is 9.67. The van der Waals surface area contributed by atoms with E-state index in [9.17, 15) is 0 Å². The normalized spacial score (nSPS) is 25.6. The second-order valence-corrected chi connectivity index (χ2v) is 6.34. The fraction of sp³-hybridized carbons (Fsp3) is 0.647. The fourth-order valence-corrected chi connectivity index (χ4v) is 3.54. The average molecular weight is 275 g/mol. The Morgan fingerprint density at radius 2 is 2.05 bits per heavy atom. The smallest absolute Gasteiger partial charge is 0.120 e. The van der Waals surface area contributed by atoms with Crippen molar-refractivity contribution < 1.29 is 9.47 Å². The predicted molar refractivity (Wildman–Crippen MR) is 81.0 cm³/mol. The van der Waals surface area contributed by atoms with Gasteiger partial charge >= 0.3 is 0 Å². The van der Waals surface area contributed by atoms with Crippen molar-refractivity contribution in [2.75, 3.05) is 12.3 Å². The molecule has 1 heterocycles. The van der Waals surface area contributed by atoms with E-state index in [4.69, 9.17) is 15.2 Å². The van der Waals surface area contributed by atoms with E-state index in [-0.39, 0.29) is 11.7 Å². The average Bonchev–Trinajstić information content (AvgIpc) is 2.44. The molecule has 1 aromatic rings. The number of hydrogen-bond acceptors (Lipinski definition) is 3. The van der Waals surface area contributed by atoms with Crippen LogP contribution in [0.2, 0.25) is 0 Å². The van der Waals surface area contributed by atoms with E-state index in [1.54, 1.807) is 0 Å². The summed E-state index contributed by atoms with van der Waals surface area (Å²) in [6, 6.07) is 5.95. The number of benzene rings is 1. The highest BCUT2D eigenvalue weighted by atomic mass is 16.5. The Morgan fingerprint density at radius 1 is 1.25 bits per heavy atom. The maximum atomic E-state index is 6.18. The molecule has 2 fully saturated rings. The lowest BCUT2D eigenvalue weighted by atomic mass is 9.79. The third-order valence-electron chi connectivity index (χ3n) is 4.76. The van der Waals surface area contributed by atoms with Crippen LogP contribution in [0.5, 0.6) is 5.75 Å². The molecule has 3 rings (SSSR count). The minimum Gasteiger partial charge on any atom is -0.490 e. The summed E-state index contributed by atoms with van der Waals surface area (Å²) < 4.78 is 12.3. The Morgan fingerprint density at radius 3 is 2.80 bits per heavy atom. The molecule has 1 spiro atoms. The molecule has 20 heavy (non-hydrogen) atoms. The van der Waals surface area contributed by atoms with Crippen molar-refractivity contribution in [1.82, 2.24) is 0 Å². The van der Waals surface area contributed by atoms with Crippen molar-refractivity contribution in [3.05, 3.63) is 23.8 Å². The van der Waals surface area contributed by atoms with Crippen molar-refractivity contribution in [3.8, 4) is 5.75 Å². The molecule has 2 aliphatic rings. The summed E-state index contributed by atoms with van der Waals surface area (Å²) in [4.78, 5) is 0. The number of rotatable bonds is 2. The van der Waals surface area contributed by atoms with Gasteiger partial charge in [-0.15, -0.1) is 0 Å². The summed E-state index contributed by atoms with van der Waals surface area (Å²) in [5.74, 6) is 0.939. The van der Waals surface area contributed by atoms with Crippen molar-refractivity contribution in [2.45, 2.75) is 63.6 Å². The lowest BCUT2D eigenvalue weighted by molar-refractivity contribution is -0.129. The summed E-state index contributed by atoms with van der Waals surface area (Å²) >= 11 is 0. The third-order valence-corrected chi connectivity index (χ3v) is 4.76. The van der Waals surface area contributed by atoms with E-state index >= 15 is 0 Å². The van der Waals surface area contributed by atoms with Crippen LogP contribution in [0.1, 0.15) is 50.5 Å². The van der Waals surface area contributed by atoms with E-state index in [0.29, 0.717) is 0 Å². The predicted octanol–water partition coefficient (Wildman–Crippen LogP) is 3.84. The molecule has 0 aromatic heterocycles. The lowest BCUT2D eigenvalue weighted by Gasteiger charge is -2.43. The molecule has 0 amide bonds. The number of nitrogen functional groups attached to an aromatic ring is 1. The molecule has 1 saturated heterocycles. The van der Waals surface area contributed by atoms with Gasteiger partial charge in [-0.05, 0) is 43.5 Å². The van der Waals surface area contributed by atoms with Crippen LogP contribution < -0.4 is 10.5 Å². The second kappa shape index (κ2) is 5.65. The van der Waals surface area contributed by atoms with Gasteiger partial charge in [0.1, 0.15) is 11.9 Å². The Balaban J connectivity index is 1.66. The number of aryl methyl sites for hydroxylation is 1. The lowest BCUT2D eigenvalue weighted by Crippen LogP contribution is -2.45. The number of ether oxygens (including phenoxy) is 2. The topological polar surface area (TPSA) is 44.5 Å². The summed E-state index contributed by atoms with van der Waals surface area (Å²) in [5.41, 5.74) is 7.87. The highest BCUT2D eigenvalue weighted by Crippen LogP contribution is 2.39. The van der Waals surface area contributed by atoms with Gasteiger partial charge in [0.25, 0.3) is 0 Å². The van der Waals surface area contributed by atoms with Crippen molar-refractivity contribution in [3.63, 3.8) is 0 Å². The van der Waals surface area contributed by atoms with Crippen LogP contribution in [0.4, 0.5) is 5.69 Å². The van der Waals surface area contributed by atoms with Gasteiger partial charge in [-0.3, -0.25) is 0 Å². The first kappa shape index (κ1) is 13.7. The van der Waals surface area contributed by atoms with Crippen LogP contribution >= 0.6 is 0 Å². The van der Waals surface area contributed by atoms with Crippen LogP contribution in [0.25, 0.3) is 0 Å². The zero-order valence-corrected chi connectivity index (χ0v) is 12.4. The van der Waals surface area contributed by atoms with Crippen LogP contribution in [-0.4, -0.2) is 18.3 Å². The standard InChI is InChI=1S/C17H25NO2/c1-13-11-14(5-6-16(13)18)20-15-7-10-19-17(12-15)8-3-2-4-9-17/h5-6,11,15H,2-4,7-10,12,18H2,1H3. The van der Waals surface area contributed by atoms with E-state index in [1.165, 1.54) is 32.1 Å². The minimum atomic E-state index is 0.101. The van der Waals surface area contributed by atoms with E-state index in [2.05, 4.69) is 0 Å². The maximum absolute atomic E-state index is 6.18. The fourth-order valence-electron chi connectivity index (χ4n) is 3.54. The molecule has 1 aliphatic heterocycles. The highest BCUT2D eigenvalue weighted by molar-refractivity contribution is 5.49. The van der Waals surface area contributed by atoms with Gasteiger partial charge in [-0.2, -0.15) is 0 Å². The Hall–Kier alpha value is -1.22. The van der Waals surface area contributed by atoms with Crippen molar-refractivity contribution in [1.29, 1.82) is 0 Å². The molecule has 2 N–H and O–H groups in total. The molecule has 1 saturated carbocycles. The molecular weight excluding hydrogens is 250 g/mol. The highest BCUT2D eigenvalue weighted by Gasteiger charge is 2.39. The van der Waals surface area contributed by atoms with Crippen LogP contribution in [0.15, 0.2) is 18.2 Å². The number of anilines is 1.